The van der Waals surface area contributed by atoms with Crippen molar-refractivity contribution >= 4 is 5.96 Å². The molecule has 1 aromatic rings. The number of rotatable bonds is 9. The molecule has 1 aliphatic heterocycles. The number of hydrogen-bond acceptors (Lipinski definition) is 4. The zero-order valence-electron chi connectivity index (χ0n) is 15.6. The Kier molecular flexibility index (Phi) is 8.12. The third-order valence-corrected chi connectivity index (χ3v) is 4.76. The number of nitrogens with one attached hydrogen (secondary N) is 2. The molecule has 0 bridgehead atoms. The summed E-state index contributed by atoms with van der Waals surface area (Å²) in [6.07, 6.45) is 2.18. The Morgan fingerprint density at radius 3 is 2.85 bits per heavy atom. The van der Waals surface area contributed by atoms with Crippen molar-refractivity contribution in [2.45, 2.75) is 32.3 Å². The van der Waals surface area contributed by atoms with Gasteiger partial charge in [-0.2, -0.15) is 0 Å². The maximum absolute atomic E-state index is 13.7. The van der Waals surface area contributed by atoms with Crippen LogP contribution in [0.3, 0.4) is 0 Å². The number of benzene rings is 1. The van der Waals surface area contributed by atoms with Crippen LogP contribution in [-0.2, 0) is 4.74 Å². The summed E-state index contributed by atoms with van der Waals surface area (Å²) < 4.78 is 25.0. The summed E-state index contributed by atoms with van der Waals surface area (Å²) in [7, 11) is 1.71. The number of aliphatic hydroxyl groups is 1. The van der Waals surface area contributed by atoms with Crippen LogP contribution in [0.2, 0.25) is 0 Å². The zero-order chi connectivity index (χ0) is 18.8. The molecular weight excluding hydrogens is 337 g/mol. The number of aliphatic imine (C=N–C) groups is 1. The van der Waals surface area contributed by atoms with Crippen LogP contribution in [0.25, 0.3) is 0 Å². The van der Waals surface area contributed by atoms with Gasteiger partial charge in [0.05, 0.1) is 13.2 Å². The van der Waals surface area contributed by atoms with Gasteiger partial charge in [-0.1, -0.05) is 19.1 Å². The second-order valence-electron chi connectivity index (χ2n) is 6.66. The number of hydrogen-bond donors (Lipinski definition) is 3. The van der Waals surface area contributed by atoms with E-state index in [1.54, 1.807) is 25.2 Å². The van der Waals surface area contributed by atoms with Crippen molar-refractivity contribution in [2.24, 2.45) is 10.4 Å². The highest BCUT2D eigenvalue weighted by atomic mass is 19.1. The molecule has 0 radical (unpaired) electrons. The van der Waals surface area contributed by atoms with Crippen LogP contribution in [-0.4, -0.2) is 57.1 Å². The molecule has 1 aliphatic rings. The van der Waals surface area contributed by atoms with Crippen LogP contribution in [0.4, 0.5) is 4.39 Å². The summed E-state index contributed by atoms with van der Waals surface area (Å²) in [6.45, 7) is 4.70. The normalized spacial score (nSPS) is 21.5. The lowest BCUT2D eigenvalue weighted by atomic mass is 9.84. The molecule has 2 rings (SSSR count). The van der Waals surface area contributed by atoms with Gasteiger partial charge < -0.3 is 25.2 Å². The zero-order valence-corrected chi connectivity index (χ0v) is 15.6. The lowest BCUT2D eigenvalue weighted by Crippen LogP contribution is -2.47. The van der Waals surface area contributed by atoms with Crippen molar-refractivity contribution in [2.75, 3.05) is 40.0 Å². The highest BCUT2D eigenvalue weighted by Crippen LogP contribution is 2.31. The molecule has 3 N–H and O–H groups in total. The summed E-state index contributed by atoms with van der Waals surface area (Å²) in [5.41, 5.74) is -0.0554. The fourth-order valence-electron chi connectivity index (χ4n) is 3.00. The molecule has 0 aliphatic carbocycles. The standard InChI is InChI=1S/C19H30FN3O3/c1-3-15(26-17-7-5-4-6-16(17)20)12-22-18(21-2)23-13-19(8-10-24)9-11-25-14-19/h4-7,15,24H,3,8-14H2,1-2H3,(H2,21,22,23). The molecule has 1 aromatic carbocycles. The number of aliphatic hydroxyl groups excluding tert-OH is 1. The Hall–Kier alpha value is -1.86. The minimum Gasteiger partial charge on any atom is -0.486 e. The van der Waals surface area contributed by atoms with E-state index in [0.717, 1.165) is 19.4 Å². The molecule has 146 valence electrons. The molecule has 7 heteroatoms. The van der Waals surface area contributed by atoms with Gasteiger partial charge in [0.2, 0.25) is 0 Å². The van der Waals surface area contributed by atoms with Gasteiger partial charge in [0.1, 0.15) is 6.10 Å². The minimum absolute atomic E-state index is 0.0554. The van der Waals surface area contributed by atoms with Crippen molar-refractivity contribution in [1.29, 1.82) is 0 Å². The SMILES string of the molecule is CCC(CNC(=NC)NCC1(CCO)CCOC1)Oc1ccccc1F. The van der Waals surface area contributed by atoms with Crippen molar-refractivity contribution in [3.8, 4) is 5.75 Å². The number of para-hydroxylation sites is 1. The fourth-order valence-corrected chi connectivity index (χ4v) is 3.00. The van der Waals surface area contributed by atoms with Gasteiger partial charge in [-0.25, -0.2) is 4.39 Å². The van der Waals surface area contributed by atoms with E-state index in [1.165, 1.54) is 6.07 Å². The molecule has 1 fully saturated rings. The third-order valence-electron chi connectivity index (χ3n) is 4.76. The number of guanidine groups is 1. The van der Waals surface area contributed by atoms with Crippen LogP contribution in [0.1, 0.15) is 26.2 Å². The highest BCUT2D eigenvalue weighted by molar-refractivity contribution is 5.79. The van der Waals surface area contributed by atoms with Crippen molar-refractivity contribution < 1.29 is 19.0 Å². The van der Waals surface area contributed by atoms with Crippen molar-refractivity contribution in [3.63, 3.8) is 0 Å². The first-order chi connectivity index (χ1) is 12.6. The lowest BCUT2D eigenvalue weighted by molar-refractivity contribution is 0.127. The Morgan fingerprint density at radius 1 is 1.42 bits per heavy atom. The first-order valence-electron chi connectivity index (χ1n) is 9.17. The van der Waals surface area contributed by atoms with Crippen LogP contribution < -0.4 is 15.4 Å². The van der Waals surface area contributed by atoms with Gasteiger partial charge in [-0.05, 0) is 31.4 Å². The first-order valence-corrected chi connectivity index (χ1v) is 9.17. The highest BCUT2D eigenvalue weighted by Gasteiger charge is 2.34. The first kappa shape index (κ1) is 20.5. The monoisotopic (exact) mass is 367 g/mol. The Morgan fingerprint density at radius 2 is 2.23 bits per heavy atom. The van der Waals surface area contributed by atoms with Crippen LogP contribution in [0, 0.1) is 11.2 Å². The Labute approximate surface area is 154 Å². The quantitative estimate of drug-likeness (QED) is 0.459. The molecule has 26 heavy (non-hydrogen) atoms. The second-order valence-corrected chi connectivity index (χ2v) is 6.66. The predicted octanol–water partition coefficient (Wildman–Crippen LogP) is 1.94. The van der Waals surface area contributed by atoms with E-state index in [0.29, 0.717) is 32.1 Å². The molecule has 0 amide bonds. The maximum Gasteiger partial charge on any atom is 0.191 e. The maximum atomic E-state index is 13.7. The number of halogens is 1. The summed E-state index contributed by atoms with van der Waals surface area (Å²) in [6, 6.07) is 6.41. The minimum atomic E-state index is -0.361. The van der Waals surface area contributed by atoms with Gasteiger partial charge in [-0.15, -0.1) is 0 Å². The average Bonchev–Trinajstić information content (AvgIpc) is 3.11. The molecule has 6 nitrogen and oxygen atoms in total. The number of ether oxygens (including phenoxy) is 2. The van der Waals surface area contributed by atoms with E-state index >= 15 is 0 Å². The summed E-state index contributed by atoms with van der Waals surface area (Å²) in [5.74, 6) is 0.555. The summed E-state index contributed by atoms with van der Waals surface area (Å²) >= 11 is 0. The Balaban J connectivity index is 1.84. The topological polar surface area (TPSA) is 75.1 Å². The third kappa shape index (κ3) is 5.85. The molecular formula is C19H30FN3O3. The second kappa shape index (κ2) is 10.3. The van der Waals surface area contributed by atoms with Crippen LogP contribution in [0.5, 0.6) is 5.75 Å². The molecule has 2 atom stereocenters. The summed E-state index contributed by atoms with van der Waals surface area (Å²) in [4.78, 5) is 4.23. The Bertz CT molecular complexity index is 577. The molecule has 0 saturated carbocycles. The van der Waals surface area contributed by atoms with Gasteiger partial charge in [0.25, 0.3) is 0 Å². The van der Waals surface area contributed by atoms with Crippen LogP contribution in [0.15, 0.2) is 29.3 Å². The van der Waals surface area contributed by atoms with Gasteiger partial charge >= 0.3 is 0 Å². The molecule has 1 saturated heterocycles. The van der Waals surface area contributed by atoms with E-state index in [-0.39, 0.29) is 29.7 Å². The predicted molar refractivity (Wildman–Crippen MR) is 100 cm³/mol. The van der Waals surface area contributed by atoms with E-state index in [9.17, 15) is 9.50 Å². The molecule has 2 unspecified atom stereocenters. The van der Waals surface area contributed by atoms with Gasteiger partial charge in [0.15, 0.2) is 17.5 Å². The van der Waals surface area contributed by atoms with Gasteiger partial charge in [-0.3, -0.25) is 4.99 Å². The van der Waals surface area contributed by atoms with Gasteiger partial charge in [0, 0.05) is 32.2 Å². The van der Waals surface area contributed by atoms with E-state index in [2.05, 4.69) is 15.6 Å². The van der Waals surface area contributed by atoms with E-state index in [4.69, 9.17) is 9.47 Å². The number of nitrogens with zero attached hydrogens (tertiary/aromatic N) is 1. The smallest absolute Gasteiger partial charge is 0.191 e. The van der Waals surface area contributed by atoms with E-state index < -0.39 is 0 Å². The largest absolute Gasteiger partial charge is 0.486 e. The molecule has 1 heterocycles. The fraction of sp³-hybridized carbons (Fsp3) is 0.632. The summed E-state index contributed by atoms with van der Waals surface area (Å²) in [5, 5.41) is 15.8. The average molecular weight is 367 g/mol. The van der Waals surface area contributed by atoms with Crippen molar-refractivity contribution in [3.05, 3.63) is 30.1 Å². The van der Waals surface area contributed by atoms with Crippen molar-refractivity contribution in [1.82, 2.24) is 10.6 Å². The molecule has 0 aromatic heterocycles. The van der Waals surface area contributed by atoms with E-state index in [1.807, 2.05) is 6.92 Å². The lowest BCUT2D eigenvalue weighted by Gasteiger charge is -2.28. The molecule has 0 spiro atoms. The van der Waals surface area contributed by atoms with Crippen LogP contribution >= 0.6 is 0 Å².